The smallest absolute Gasteiger partial charge is 0.243 e. The zero-order valence-electron chi connectivity index (χ0n) is 9.02. The zero-order chi connectivity index (χ0) is 12.4. The molecule has 0 aliphatic rings. The van der Waals surface area contributed by atoms with Crippen molar-refractivity contribution in [2.45, 2.75) is 19.4 Å². The van der Waals surface area contributed by atoms with Crippen molar-refractivity contribution in [2.75, 3.05) is 0 Å². The van der Waals surface area contributed by atoms with Crippen molar-refractivity contribution in [1.29, 1.82) is 0 Å². The van der Waals surface area contributed by atoms with Crippen molar-refractivity contribution < 1.29 is 4.52 Å². The van der Waals surface area contributed by atoms with Gasteiger partial charge >= 0.3 is 0 Å². The van der Waals surface area contributed by atoms with Gasteiger partial charge in [0.25, 0.3) is 0 Å². The first kappa shape index (κ1) is 12.3. The van der Waals surface area contributed by atoms with Crippen LogP contribution in [0.2, 0.25) is 10.0 Å². The maximum absolute atomic E-state index is 5.99. The van der Waals surface area contributed by atoms with E-state index < -0.39 is 0 Å². The molecule has 17 heavy (non-hydrogen) atoms. The van der Waals surface area contributed by atoms with Crippen molar-refractivity contribution in [1.82, 2.24) is 15.1 Å². The van der Waals surface area contributed by atoms with Crippen LogP contribution in [0.4, 0.5) is 0 Å². The summed E-state index contributed by atoms with van der Waals surface area (Å²) >= 11 is 11.7. The quantitative estimate of drug-likeness (QED) is 0.930. The summed E-state index contributed by atoms with van der Waals surface area (Å²) in [5.41, 5.74) is 6.20. The van der Waals surface area contributed by atoms with Crippen molar-refractivity contribution in [3.63, 3.8) is 0 Å². The Kier molecular flexibility index (Phi) is 3.61. The van der Waals surface area contributed by atoms with Crippen LogP contribution in [0, 0.1) is 0 Å². The second-order valence-corrected chi connectivity index (χ2v) is 4.30. The lowest BCUT2D eigenvalue weighted by Crippen LogP contribution is -2.08. The third-order valence-corrected chi connectivity index (χ3v) is 2.71. The van der Waals surface area contributed by atoms with Gasteiger partial charge < -0.3 is 10.3 Å². The molecule has 2 rings (SSSR count). The van der Waals surface area contributed by atoms with E-state index in [0.717, 1.165) is 0 Å². The van der Waals surface area contributed by atoms with Crippen LogP contribution < -0.4 is 5.73 Å². The van der Waals surface area contributed by atoms with Crippen LogP contribution in [0.15, 0.2) is 16.8 Å². The molecule has 5 nitrogen and oxygen atoms in total. The van der Waals surface area contributed by atoms with Gasteiger partial charge in [-0.3, -0.25) is 0 Å². The third-order valence-electron chi connectivity index (χ3n) is 2.22. The number of nitrogens with zero attached hydrogens (tertiary/aromatic N) is 3. The second kappa shape index (κ2) is 5.00. The minimum Gasteiger partial charge on any atom is -0.337 e. The predicted octanol–water partition coefficient (Wildman–Crippen LogP) is 2.85. The Morgan fingerprint density at radius 3 is 2.88 bits per heavy atom. The summed E-state index contributed by atoms with van der Waals surface area (Å²) in [6.07, 6.45) is 2.18. The molecule has 7 heteroatoms. The predicted molar refractivity (Wildman–Crippen MR) is 64.8 cm³/mol. The lowest BCUT2D eigenvalue weighted by atomic mass is 10.2. The molecular formula is C10H10Cl2N4O. The number of nitrogens with two attached hydrogens (primary N) is 1. The standard InChI is InChI=1S/C10H10Cl2N4O/c1-2-7(13)10-15-9(16-17-10)8-6(12)3-5(11)4-14-8/h3-4,7H,2,13H2,1H3. The van der Waals surface area contributed by atoms with Gasteiger partial charge in [0.1, 0.15) is 5.69 Å². The van der Waals surface area contributed by atoms with Crippen LogP contribution in [0.5, 0.6) is 0 Å². The van der Waals surface area contributed by atoms with E-state index in [2.05, 4.69) is 15.1 Å². The molecule has 0 aliphatic carbocycles. The van der Waals surface area contributed by atoms with Crippen molar-refractivity contribution in [2.24, 2.45) is 5.73 Å². The molecule has 0 bridgehead atoms. The average Bonchev–Trinajstić information content (AvgIpc) is 2.77. The Morgan fingerprint density at radius 2 is 2.24 bits per heavy atom. The number of hydrogen-bond acceptors (Lipinski definition) is 5. The molecule has 2 heterocycles. The average molecular weight is 273 g/mol. The molecule has 0 radical (unpaired) electrons. The maximum Gasteiger partial charge on any atom is 0.243 e. The SMILES string of the molecule is CCC(N)c1nc(-c2ncc(Cl)cc2Cl)no1. The largest absolute Gasteiger partial charge is 0.337 e. The minimum atomic E-state index is -0.276. The molecule has 2 aromatic heterocycles. The highest BCUT2D eigenvalue weighted by Crippen LogP contribution is 2.26. The molecule has 0 saturated carbocycles. The molecule has 1 atom stereocenters. The number of hydrogen-bond donors (Lipinski definition) is 1. The number of aromatic nitrogens is 3. The number of pyridine rings is 1. The van der Waals surface area contributed by atoms with Gasteiger partial charge in [0.2, 0.25) is 11.7 Å². The van der Waals surface area contributed by atoms with Gasteiger partial charge in [-0.25, -0.2) is 4.98 Å². The van der Waals surface area contributed by atoms with E-state index in [4.69, 9.17) is 33.5 Å². The van der Waals surface area contributed by atoms with E-state index in [9.17, 15) is 0 Å². The molecule has 1 unspecified atom stereocenters. The fraction of sp³-hybridized carbons (Fsp3) is 0.300. The second-order valence-electron chi connectivity index (χ2n) is 3.45. The van der Waals surface area contributed by atoms with Gasteiger partial charge in [-0.05, 0) is 12.5 Å². The molecule has 0 amide bonds. The molecule has 2 N–H and O–H groups in total. The Labute approximate surface area is 108 Å². The van der Waals surface area contributed by atoms with Gasteiger partial charge in [-0.1, -0.05) is 35.3 Å². The van der Waals surface area contributed by atoms with Gasteiger partial charge in [0.05, 0.1) is 16.1 Å². The lowest BCUT2D eigenvalue weighted by Gasteiger charge is -1.99. The first-order valence-electron chi connectivity index (χ1n) is 5.02. The van der Waals surface area contributed by atoms with Crippen LogP contribution in [0.1, 0.15) is 25.3 Å². The van der Waals surface area contributed by atoms with Crippen LogP contribution in [-0.2, 0) is 0 Å². The fourth-order valence-corrected chi connectivity index (χ4v) is 1.70. The lowest BCUT2D eigenvalue weighted by molar-refractivity contribution is 0.352. The summed E-state index contributed by atoms with van der Waals surface area (Å²) in [6.45, 7) is 1.93. The Hall–Kier alpha value is -1.17. The minimum absolute atomic E-state index is 0.276. The first-order chi connectivity index (χ1) is 8.11. The Bertz CT molecular complexity index is 529. The van der Waals surface area contributed by atoms with Crippen molar-refractivity contribution in [3.8, 4) is 11.5 Å². The molecule has 0 fully saturated rings. The summed E-state index contributed by atoms with van der Waals surface area (Å²) < 4.78 is 5.04. The van der Waals surface area contributed by atoms with Crippen LogP contribution in [-0.4, -0.2) is 15.1 Å². The van der Waals surface area contributed by atoms with E-state index in [1.807, 2.05) is 6.92 Å². The molecule has 0 saturated heterocycles. The molecule has 0 spiro atoms. The van der Waals surface area contributed by atoms with Crippen molar-refractivity contribution in [3.05, 3.63) is 28.2 Å². The zero-order valence-corrected chi connectivity index (χ0v) is 10.5. The highest BCUT2D eigenvalue weighted by atomic mass is 35.5. The molecule has 90 valence electrons. The molecule has 0 aliphatic heterocycles. The molecule has 0 aromatic carbocycles. The summed E-state index contributed by atoms with van der Waals surface area (Å²) in [5.74, 6) is 0.681. The monoisotopic (exact) mass is 272 g/mol. The normalized spacial score (nSPS) is 12.7. The summed E-state index contributed by atoms with van der Waals surface area (Å²) in [5, 5.41) is 4.61. The van der Waals surface area contributed by atoms with E-state index in [1.165, 1.54) is 6.20 Å². The van der Waals surface area contributed by atoms with Gasteiger partial charge in [-0.15, -0.1) is 0 Å². The van der Waals surface area contributed by atoms with Crippen LogP contribution in [0.3, 0.4) is 0 Å². The highest BCUT2D eigenvalue weighted by molar-refractivity contribution is 6.35. The first-order valence-corrected chi connectivity index (χ1v) is 5.78. The van der Waals surface area contributed by atoms with Crippen LogP contribution >= 0.6 is 23.2 Å². The number of rotatable bonds is 3. The molecule has 2 aromatic rings. The summed E-state index contributed by atoms with van der Waals surface area (Å²) in [4.78, 5) is 8.21. The van der Waals surface area contributed by atoms with Gasteiger partial charge in [0.15, 0.2) is 0 Å². The van der Waals surface area contributed by atoms with Crippen molar-refractivity contribution >= 4 is 23.2 Å². The number of halogens is 2. The van der Waals surface area contributed by atoms with E-state index in [0.29, 0.717) is 33.9 Å². The third kappa shape index (κ3) is 2.57. The van der Waals surface area contributed by atoms with E-state index >= 15 is 0 Å². The van der Waals surface area contributed by atoms with E-state index in [-0.39, 0.29) is 6.04 Å². The van der Waals surface area contributed by atoms with Crippen LogP contribution in [0.25, 0.3) is 11.5 Å². The Balaban J connectivity index is 2.37. The van der Waals surface area contributed by atoms with Gasteiger partial charge in [-0.2, -0.15) is 4.98 Å². The summed E-state index contributed by atoms with van der Waals surface area (Å²) in [6, 6.07) is 1.30. The topological polar surface area (TPSA) is 77.8 Å². The van der Waals surface area contributed by atoms with E-state index in [1.54, 1.807) is 6.07 Å². The summed E-state index contributed by atoms with van der Waals surface area (Å²) in [7, 11) is 0. The van der Waals surface area contributed by atoms with Gasteiger partial charge in [0, 0.05) is 6.20 Å². The maximum atomic E-state index is 5.99. The fourth-order valence-electron chi connectivity index (χ4n) is 1.24. The molecular weight excluding hydrogens is 263 g/mol. The Morgan fingerprint density at radius 1 is 1.47 bits per heavy atom. The highest BCUT2D eigenvalue weighted by Gasteiger charge is 2.16.